The molecule has 0 aromatic carbocycles. The Kier molecular flexibility index (Phi) is 2.46. The molecule has 0 N–H and O–H groups in total. The largest absolute Gasteiger partial charge is 0.281 e. The fraction of sp³-hybridized carbons (Fsp3) is 0.125. The van der Waals surface area contributed by atoms with Crippen LogP contribution in [0, 0.1) is 12.7 Å². The molecule has 13 heavy (non-hydrogen) atoms. The Morgan fingerprint density at radius 1 is 1.54 bits per heavy atom. The van der Waals surface area contributed by atoms with E-state index in [1.54, 1.807) is 6.20 Å². The first-order chi connectivity index (χ1) is 6.24. The molecule has 2 nitrogen and oxygen atoms in total. The molecule has 0 radical (unpaired) electrons. The molecule has 5 heteroatoms. The van der Waals surface area contributed by atoms with Crippen molar-refractivity contribution in [3.8, 4) is 0 Å². The molecule has 0 bridgehead atoms. The first kappa shape index (κ1) is 9.26. The Morgan fingerprint density at radius 2 is 2.31 bits per heavy atom. The number of pyridine rings is 1. The van der Waals surface area contributed by atoms with Gasteiger partial charge < -0.3 is 0 Å². The number of halogens is 2. The van der Waals surface area contributed by atoms with Gasteiger partial charge >= 0.3 is 0 Å². The van der Waals surface area contributed by atoms with Gasteiger partial charge in [0.2, 0.25) is 0 Å². The number of aryl methyl sites for hydroxylation is 1. The Morgan fingerprint density at radius 3 is 3.00 bits per heavy atom. The molecule has 0 fully saturated rings. The molecule has 2 heterocycles. The Balaban J connectivity index is 2.87. The van der Waals surface area contributed by atoms with Crippen molar-refractivity contribution in [2.45, 2.75) is 6.92 Å². The van der Waals surface area contributed by atoms with E-state index in [4.69, 9.17) is 0 Å². The molecular weight excluding hydrogens is 302 g/mol. The van der Waals surface area contributed by atoms with E-state index in [9.17, 15) is 4.39 Å². The van der Waals surface area contributed by atoms with Gasteiger partial charge in [-0.1, -0.05) is 0 Å². The van der Waals surface area contributed by atoms with Crippen molar-refractivity contribution in [1.29, 1.82) is 0 Å². The fourth-order valence-electron chi connectivity index (χ4n) is 1.35. The van der Waals surface area contributed by atoms with Gasteiger partial charge in [0.15, 0.2) is 5.82 Å². The van der Waals surface area contributed by atoms with Gasteiger partial charge in [-0.15, -0.1) is 0 Å². The van der Waals surface area contributed by atoms with E-state index in [0.717, 1.165) is 11.1 Å². The van der Waals surface area contributed by atoms with Gasteiger partial charge in [0, 0.05) is 41.9 Å². The standard InChI is InChI=1S/C8H6FIN2S/c1-5-4-12(13-10)7-3-11-2-6(9)8(5)7/h2-4H,1H3. The third kappa shape index (κ3) is 1.43. The van der Waals surface area contributed by atoms with Crippen molar-refractivity contribution in [1.82, 2.24) is 8.96 Å². The van der Waals surface area contributed by atoms with E-state index in [1.165, 1.54) is 15.3 Å². The molecule has 0 spiro atoms. The minimum Gasteiger partial charge on any atom is -0.281 e. The third-order valence-electron chi connectivity index (χ3n) is 1.90. The average Bonchev–Trinajstić information content (AvgIpc) is 2.44. The van der Waals surface area contributed by atoms with E-state index in [-0.39, 0.29) is 5.82 Å². The maximum absolute atomic E-state index is 13.3. The van der Waals surface area contributed by atoms with Gasteiger partial charge in [-0.05, 0) is 12.5 Å². The monoisotopic (exact) mass is 308 g/mol. The Labute approximate surface area is 91.2 Å². The van der Waals surface area contributed by atoms with Gasteiger partial charge in [0.25, 0.3) is 0 Å². The normalized spacial score (nSPS) is 11.0. The quantitative estimate of drug-likeness (QED) is 0.752. The molecule has 0 atom stereocenters. The minimum atomic E-state index is -0.251. The van der Waals surface area contributed by atoms with Crippen LogP contribution in [0.2, 0.25) is 0 Å². The summed E-state index contributed by atoms with van der Waals surface area (Å²) < 4.78 is 15.2. The molecule has 0 aliphatic heterocycles. The van der Waals surface area contributed by atoms with E-state index in [1.807, 2.05) is 17.1 Å². The molecule has 0 aliphatic carbocycles. The lowest BCUT2D eigenvalue weighted by Gasteiger charge is -1.96. The van der Waals surface area contributed by atoms with Crippen molar-refractivity contribution >= 4 is 41.2 Å². The smallest absolute Gasteiger partial charge is 0.151 e. The van der Waals surface area contributed by atoms with Gasteiger partial charge in [0.1, 0.15) is 0 Å². The number of hydrogen-bond acceptors (Lipinski definition) is 2. The van der Waals surface area contributed by atoms with Crippen LogP contribution in [0.4, 0.5) is 4.39 Å². The maximum Gasteiger partial charge on any atom is 0.151 e. The van der Waals surface area contributed by atoms with E-state index in [2.05, 4.69) is 26.2 Å². The molecule has 2 aromatic heterocycles. The lowest BCUT2D eigenvalue weighted by molar-refractivity contribution is 0.633. The molecule has 0 saturated heterocycles. The molecule has 0 aliphatic rings. The van der Waals surface area contributed by atoms with Crippen molar-refractivity contribution in [2.24, 2.45) is 0 Å². The summed E-state index contributed by atoms with van der Waals surface area (Å²) in [6, 6.07) is 0. The second-order valence-electron chi connectivity index (χ2n) is 2.72. The predicted octanol–water partition coefficient (Wildman–Crippen LogP) is 3.33. The van der Waals surface area contributed by atoms with Crippen LogP contribution in [-0.2, 0) is 0 Å². The summed E-state index contributed by atoms with van der Waals surface area (Å²) in [7, 11) is 1.51. The zero-order chi connectivity index (χ0) is 9.42. The first-order valence-corrected chi connectivity index (χ1v) is 6.96. The highest BCUT2D eigenvalue weighted by molar-refractivity contribution is 14.2. The maximum atomic E-state index is 13.3. The lowest BCUT2D eigenvalue weighted by atomic mass is 10.2. The van der Waals surface area contributed by atoms with E-state index >= 15 is 0 Å². The van der Waals surface area contributed by atoms with E-state index < -0.39 is 0 Å². The Bertz CT molecular complexity index is 455. The number of fused-ring (bicyclic) bond motifs is 1. The number of aromatic nitrogens is 2. The summed E-state index contributed by atoms with van der Waals surface area (Å²) in [5.74, 6) is -0.251. The summed E-state index contributed by atoms with van der Waals surface area (Å²) in [6.07, 6.45) is 4.83. The molecule has 68 valence electrons. The number of hydrogen-bond donors (Lipinski definition) is 0. The first-order valence-electron chi connectivity index (χ1n) is 3.64. The Hall–Kier alpha value is -0.300. The molecule has 0 saturated carbocycles. The second-order valence-corrected chi connectivity index (χ2v) is 4.44. The molecule has 0 unspecified atom stereocenters. The van der Waals surface area contributed by atoms with Crippen LogP contribution in [0.1, 0.15) is 5.56 Å². The third-order valence-corrected chi connectivity index (χ3v) is 3.62. The topological polar surface area (TPSA) is 17.8 Å². The van der Waals surface area contributed by atoms with Crippen molar-refractivity contribution in [3.05, 3.63) is 30.0 Å². The van der Waals surface area contributed by atoms with Crippen LogP contribution in [0.15, 0.2) is 18.6 Å². The summed E-state index contributed by atoms with van der Waals surface area (Å²) in [5, 5.41) is 0.666. The highest BCUT2D eigenvalue weighted by Crippen LogP contribution is 2.28. The highest BCUT2D eigenvalue weighted by Gasteiger charge is 2.09. The highest BCUT2D eigenvalue weighted by atomic mass is 127. The summed E-state index contributed by atoms with van der Waals surface area (Å²) >= 11 is 2.16. The summed E-state index contributed by atoms with van der Waals surface area (Å²) in [5.41, 5.74) is 1.77. The van der Waals surface area contributed by atoms with Crippen LogP contribution in [-0.4, -0.2) is 8.96 Å². The summed E-state index contributed by atoms with van der Waals surface area (Å²) in [6.45, 7) is 1.90. The number of nitrogens with zero attached hydrogens (tertiary/aromatic N) is 2. The fourth-order valence-corrected chi connectivity index (χ4v) is 2.74. The summed E-state index contributed by atoms with van der Waals surface area (Å²) in [4.78, 5) is 3.82. The molecule has 2 aromatic rings. The zero-order valence-electron chi connectivity index (χ0n) is 6.79. The van der Waals surface area contributed by atoms with Crippen LogP contribution in [0.3, 0.4) is 0 Å². The SMILES string of the molecule is Cc1cn(SI)c2cncc(F)c12. The van der Waals surface area contributed by atoms with Crippen molar-refractivity contribution < 1.29 is 4.39 Å². The van der Waals surface area contributed by atoms with Crippen LogP contribution < -0.4 is 0 Å². The zero-order valence-corrected chi connectivity index (χ0v) is 9.76. The average molecular weight is 308 g/mol. The van der Waals surface area contributed by atoms with Crippen LogP contribution in [0.25, 0.3) is 10.9 Å². The van der Waals surface area contributed by atoms with Crippen molar-refractivity contribution in [2.75, 3.05) is 0 Å². The van der Waals surface area contributed by atoms with Crippen LogP contribution >= 0.6 is 30.3 Å². The molecule has 2 rings (SSSR count). The molecule has 0 amide bonds. The molecular formula is C8H6FIN2S. The van der Waals surface area contributed by atoms with Gasteiger partial charge in [-0.2, -0.15) is 0 Å². The van der Waals surface area contributed by atoms with Gasteiger partial charge in [-0.25, -0.2) is 4.39 Å². The lowest BCUT2D eigenvalue weighted by Crippen LogP contribution is -1.83. The second kappa shape index (κ2) is 3.45. The van der Waals surface area contributed by atoms with E-state index in [0.29, 0.717) is 5.39 Å². The minimum absolute atomic E-state index is 0.251. The van der Waals surface area contributed by atoms with Gasteiger partial charge in [0.05, 0.1) is 17.9 Å². The predicted molar refractivity (Wildman–Crippen MR) is 61.4 cm³/mol. The van der Waals surface area contributed by atoms with Gasteiger partial charge in [-0.3, -0.25) is 8.96 Å². The van der Waals surface area contributed by atoms with Crippen molar-refractivity contribution in [3.63, 3.8) is 0 Å². The number of rotatable bonds is 1. The van der Waals surface area contributed by atoms with Crippen LogP contribution in [0.5, 0.6) is 0 Å².